The van der Waals surface area contributed by atoms with Gasteiger partial charge >= 0.3 is 5.97 Å². The van der Waals surface area contributed by atoms with E-state index < -0.39 is 5.97 Å². The number of aliphatic carboxylic acids is 1. The number of rotatable bonds is 9. The highest BCUT2D eigenvalue weighted by atomic mass is 32.2. The maximum atomic E-state index is 11.1. The van der Waals surface area contributed by atoms with Crippen molar-refractivity contribution in [1.82, 2.24) is 3.71 Å². The lowest BCUT2D eigenvalue weighted by Crippen LogP contribution is -2.10. The maximum absolute atomic E-state index is 11.1. The standard InChI is InChI=1S/C10H19NO3S2/c12-9(11(15)16)7-5-3-1-2-4-6-8-10(13)14/h15-16H,1-8H2,(H,13,14). The van der Waals surface area contributed by atoms with E-state index in [2.05, 4.69) is 25.6 Å². The zero-order valence-corrected chi connectivity index (χ0v) is 11.1. The molecular formula is C10H19NO3S2. The number of carboxylic acid groups (broad SMARTS) is 1. The van der Waals surface area contributed by atoms with Crippen molar-refractivity contribution < 1.29 is 14.7 Å². The predicted octanol–water partition coefficient (Wildman–Crippen LogP) is 2.71. The van der Waals surface area contributed by atoms with E-state index in [1.54, 1.807) is 0 Å². The molecule has 0 aromatic heterocycles. The van der Waals surface area contributed by atoms with Gasteiger partial charge in [-0.2, -0.15) is 0 Å². The molecule has 0 rings (SSSR count). The van der Waals surface area contributed by atoms with Crippen LogP contribution in [0.25, 0.3) is 0 Å². The first kappa shape index (κ1) is 15.6. The lowest BCUT2D eigenvalue weighted by molar-refractivity contribution is -0.137. The minimum absolute atomic E-state index is 0.0856. The fraction of sp³-hybridized carbons (Fsp3) is 0.800. The van der Waals surface area contributed by atoms with Crippen LogP contribution >= 0.6 is 25.6 Å². The smallest absolute Gasteiger partial charge is 0.303 e. The van der Waals surface area contributed by atoms with E-state index in [9.17, 15) is 9.59 Å². The molecule has 1 amide bonds. The Balaban J connectivity index is 3.16. The third-order valence-electron chi connectivity index (χ3n) is 2.25. The molecule has 0 radical (unpaired) electrons. The van der Waals surface area contributed by atoms with Crippen molar-refractivity contribution in [3.05, 3.63) is 0 Å². The topological polar surface area (TPSA) is 57.6 Å². The fourth-order valence-electron chi connectivity index (χ4n) is 1.36. The quantitative estimate of drug-likeness (QED) is 0.444. The van der Waals surface area contributed by atoms with E-state index >= 15 is 0 Å². The van der Waals surface area contributed by atoms with Crippen LogP contribution in [0.2, 0.25) is 0 Å². The number of nitrogens with zero attached hydrogens (tertiary/aromatic N) is 1. The summed E-state index contributed by atoms with van der Waals surface area (Å²) in [6.07, 6.45) is 6.35. The largest absolute Gasteiger partial charge is 0.481 e. The van der Waals surface area contributed by atoms with Crippen molar-refractivity contribution >= 4 is 37.5 Å². The summed E-state index contributed by atoms with van der Waals surface area (Å²) in [5, 5.41) is 8.41. The van der Waals surface area contributed by atoms with Crippen molar-refractivity contribution in [3.8, 4) is 0 Å². The highest BCUT2D eigenvalue weighted by Gasteiger charge is 2.04. The third-order valence-corrected chi connectivity index (χ3v) is 2.70. The van der Waals surface area contributed by atoms with Gasteiger partial charge in [0.05, 0.1) is 0 Å². The second kappa shape index (κ2) is 9.84. The molecule has 0 heterocycles. The highest BCUT2D eigenvalue weighted by Crippen LogP contribution is 2.10. The Morgan fingerprint density at radius 3 is 1.75 bits per heavy atom. The summed E-state index contributed by atoms with van der Waals surface area (Å²) in [6.45, 7) is 0. The average molecular weight is 265 g/mol. The zero-order chi connectivity index (χ0) is 12.4. The zero-order valence-electron chi connectivity index (χ0n) is 9.26. The van der Waals surface area contributed by atoms with Crippen LogP contribution in [0.15, 0.2) is 0 Å². The molecule has 0 spiro atoms. The van der Waals surface area contributed by atoms with Crippen LogP contribution < -0.4 is 0 Å². The van der Waals surface area contributed by atoms with Crippen molar-refractivity contribution in [2.24, 2.45) is 0 Å². The maximum Gasteiger partial charge on any atom is 0.303 e. The van der Waals surface area contributed by atoms with Crippen molar-refractivity contribution in [3.63, 3.8) is 0 Å². The van der Waals surface area contributed by atoms with Crippen LogP contribution in [0.3, 0.4) is 0 Å². The number of carbonyl (C=O) groups is 2. The van der Waals surface area contributed by atoms with Gasteiger partial charge in [0.1, 0.15) is 0 Å². The minimum Gasteiger partial charge on any atom is -0.481 e. The van der Waals surface area contributed by atoms with E-state index in [-0.39, 0.29) is 12.3 Å². The Bertz CT molecular complexity index is 222. The molecule has 0 unspecified atom stereocenters. The molecule has 0 atom stereocenters. The second-order valence-corrected chi connectivity index (χ2v) is 4.81. The number of amides is 1. The van der Waals surface area contributed by atoms with Crippen LogP contribution in [0.4, 0.5) is 0 Å². The van der Waals surface area contributed by atoms with Crippen LogP contribution in [0, 0.1) is 0 Å². The van der Waals surface area contributed by atoms with Gasteiger partial charge in [-0.05, 0) is 12.8 Å². The van der Waals surface area contributed by atoms with Crippen molar-refractivity contribution in [2.75, 3.05) is 0 Å². The molecule has 0 aliphatic rings. The molecule has 0 bridgehead atoms. The van der Waals surface area contributed by atoms with Crippen LogP contribution in [0.1, 0.15) is 51.4 Å². The minimum atomic E-state index is -0.728. The lowest BCUT2D eigenvalue weighted by atomic mass is 10.1. The van der Waals surface area contributed by atoms with Gasteiger partial charge in [-0.3, -0.25) is 9.59 Å². The Hall–Kier alpha value is -0.360. The molecule has 94 valence electrons. The summed E-state index contributed by atoms with van der Waals surface area (Å²) in [5.41, 5.74) is 0. The molecule has 0 aliphatic carbocycles. The van der Waals surface area contributed by atoms with E-state index in [1.165, 1.54) is 0 Å². The first-order chi connectivity index (χ1) is 7.54. The van der Waals surface area contributed by atoms with Crippen molar-refractivity contribution in [2.45, 2.75) is 51.4 Å². The summed E-state index contributed by atoms with van der Waals surface area (Å²) in [5.74, 6) is -0.814. The molecule has 0 aliphatic heterocycles. The van der Waals surface area contributed by atoms with E-state index in [4.69, 9.17) is 5.11 Å². The number of unbranched alkanes of at least 4 members (excludes halogenated alkanes) is 5. The fourth-order valence-corrected chi connectivity index (χ4v) is 1.56. The molecular weight excluding hydrogens is 246 g/mol. The molecule has 0 fully saturated rings. The Morgan fingerprint density at radius 1 is 0.875 bits per heavy atom. The van der Waals surface area contributed by atoms with E-state index in [0.717, 1.165) is 42.2 Å². The SMILES string of the molecule is O=C(O)CCCCCCCCC(=O)N(S)S. The summed E-state index contributed by atoms with van der Waals surface area (Å²) in [4.78, 5) is 21.3. The lowest BCUT2D eigenvalue weighted by Gasteiger charge is -2.06. The number of hydrogen-bond acceptors (Lipinski definition) is 4. The summed E-state index contributed by atoms with van der Waals surface area (Å²) < 4.78 is 1.01. The van der Waals surface area contributed by atoms with Gasteiger partial charge in [-0.1, -0.05) is 51.3 Å². The van der Waals surface area contributed by atoms with Gasteiger partial charge in [0.2, 0.25) is 5.91 Å². The monoisotopic (exact) mass is 265 g/mol. The third kappa shape index (κ3) is 10.2. The molecule has 16 heavy (non-hydrogen) atoms. The number of carbonyl (C=O) groups excluding carboxylic acids is 1. The highest BCUT2D eigenvalue weighted by molar-refractivity contribution is 7.94. The molecule has 0 saturated carbocycles. The van der Waals surface area contributed by atoms with E-state index in [0.29, 0.717) is 6.42 Å². The number of carboxylic acids is 1. The second-order valence-electron chi connectivity index (χ2n) is 3.70. The molecule has 0 aromatic rings. The van der Waals surface area contributed by atoms with Crippen LogP contribution in [-0.2, 0) is 9.59 Å². The summed E-state index contributed by atoms with van der Waals surface area (Å²) >= 11 is 7.55. The van der Waals surface area contributed by atoms with Crippen LogP contribution in [0.5, 0.6) is 0 Å². The Morgan fingerprint density at radius 2 is 1.31 bits per heavy atom. The van der Waals surface area contributed by atoms with Crippen LogP contribution in [-0.4, -0.2) is 20.7 Å². The molecule has 6 heteroatoms. The molecule has 1 N–H and O–H groups in total. The first-order valence-corrected chi connectivity index (χ1v) is 6.26. The van der Waals surface area contributed by atoms with Gasteiger partial charge in [-0.15, -0.1) is 0 Å². The van der Waals surface area contributed by atoms with Gasteiger partial charge in [-0.25, -0.2) is 3.71 Å². The van der Waals surface area contributed by atoms with E-state index in [1.807, 2.05) is 0 Å². The Kier molecular flexibility index (Phi) is 9.62. The van der Waals surface area contributed by atoms with Gasteiger partial charge < -0.3 is 5.11 Å². The summed E-state index contributed by atoms with van der Waals surface area (Å²) in [6, 6.07) is 0. The molecule has 4 nitrogen and oxygen atoms in total. The average Bonchev–Trinajstić information content (AvgIpc) is 2.21. The first-order valence-electron chi connectivity index (χ1n) is 5.46. The van der Waals surface area contributed by atoms with Gasteiger partial charge in [0.15, 0.2) is 0 Å². The van der Waals surface area contributed by atoms with Crippen molar-refractivity contribution in [1.29, 1.82) is 0 Å². The number of thiol groups is 2. The number of hydrogen-bond donors (Lipinski definition) is 3. The molecule has 0 aromatic carbocycles. The van der Waals surface area contributed by atoms with Gasteiger partial charge in [0, 0.05) is 12.8 Å². The molecule has 0 saturated heterocycles. The summed E-state index contributed by atoms with van der Waals surface area (Å²) in [7, 11) is 0. The predicted molar refractivity (Wildman–Crippen MR) is 69.4 cm³/mol. The van der Waals surface area contributed by atoms with Gasteiger partial charge in [0.25, 0.3) is 0 Å². The normalized spacial score (nSPS) is 10.1. The Labute approximate surface area is 107 Å².